The molecule has 0 aromatic heterocycles. The third-order valence-electron chi connectivity index (χ3n) is 4.22. The molecule has 2 unspecified atom stereocenters. The molecule has 0 amide bonds. The molecule has 2 rings (SSSR count). The number of rotatable bonds is 4. The number of piperazine rings is 1. The Labute approximate surface area is 127 Å². The zero-order valence-electron chi connectivity index (χ0n) is 13.5. The molecule has 4 nitrogen and oxygen atoms in total. The number of hydrogen-bond acceptors (Lipinski definition) is 4. The highest BCUT2D eigenvalue weighted by Gasteiger charge is 2.33. The first kappa shape index (κ1) is 16.0. The first-order valence-corrected chi connectivity index (χ1v) is 7.74. The van der Waals surface area contributed by atoms with Crippen molar-refractivity contribution in [1.29, 1.82) is 0 Å². The molecule has 0 saturated carbocycles. The van der Waals surface area contributed by atoms with E-state index < -0.39 is 0 Å². The third kappa shape index (κ3) is 3.63. The van der Waals surface area contributed by atoms with Gasteiger partial charge in [-0.2, -0.15) is 0 Å². The van der Waals surface area contributed by atoms with Gasteiger partial charge in [-0.1, -0.05) is 23.8 Å². The van der Waals surface area contributed by atoms with Crippen LogP contribution in [0, 0.1) is 13.8 Å². The lowest BCUT2D eigenvalue weighted by Crippen LogP contribution is -2.56. The molecule has 1 aromatic rings. The molecule has 2 atom stereocenters. The number of ether oxygens (including phenoxy) is 1. The molecule has 0 aliphatic carbocycles. The van der Waals surface area contributed by atoms with Crippen LogP contribution in [0.2, 0.25) is 0 Å². The second-order valence-corrected chi connectivity index (χ2v) is 5.75. The largest absolute Gasteiger partial charge is 0.465 e. The predicted molar refractivity (Wildman–Crippen MR) is 84.3 cm³/mol. The summed E-state index contributed by atoms with van der Waals surface area (Å²) in [6, 6.07) is 6.53. The smallest absolute Gasteiger partial charge is 0.324 e. The van der Waals surface area contributed by atoms with Crippen molar-refractivity contribution < 1.29 is 9.53 Å². The Bertz CT molecular complexity index is 502. The lowest BCUT2D eigenvalue weighted by molar-refractivity contribution is -0.151. The van der Waals surface area contributed by atoms with E-state index >= 15 is 0 Å². The van der Waals surface area contributed by atoms with E-state index in [0.29, 0.717) is 13.2 Å². The number of benzene rings is 1. The van der Waals surface area contributed by atoms with Crippen molar-refractivity contribution in [3.05, 3.63) is 34.9 Å². The molecule has 21 heavy (non-hydrogen) atoms. The molecule has 1 aliphatic heterocycles. The number of esters is 1. The van der Waals surface area contributed by atoms with Gasteiger partial charge >= 0.3 is 5.97 Å². The topological polar surface area (TPSA) is 41.6 Å². The molecular weight excluding hydrogens is 264 g/mol. The van der Waals surface area contributed by atoms with E-state index in [4.69, 9.17) is 4.74 Å². The van der Waals surface area contributed by atoms with Gasteiger partial charge in [0.05, 0.1) is 6.61 Å². The fraction of sp³-hybridized carbons (Fsp3) is 0.588. The van der Waals surface area contributed by atoms with Crippen molar-refractivity contribution in [2.24, 2.45) is 0 Å². The summed E-state index contributed by atoms with van der Waals surface area (Å²) in [6.07, 6.45) is 0. The number of carbonyl (C=O) groups excluding carboxylic acids is 1. The summed E-state index contributed by atoms with van der Waals surface area (Å²) in [7, 11) is 0. The lowest BCUT2D eigenvalue weighted by Gasteiger charge is -2.39. The molecule has 1 fully saturated rings. The van der Waals surface area contributed by atoms with Crippen molar-refractivity contribution in [3.63, 3.8) is 0 Å². The van der Waals surface area contributed by atoms with Gasteiger partial charge < -0.3 is 10.1 Å². The maximum absolute atomic E-state index is 12.2. The molecule has 1 saturated heterocycles. The van der Waals surface area contributed by atoms with Crippen LogP contribution in [0.1, 0.15) is 36.6 Å². The summed E-state index contributed by atoms with van der Waals surface area (Å²) in [5.41, 5.74) is 3.84. The van der Waals surface area contributed by atoms with Gasteiger partial charge in [0.25, 0.3) is 0 Å². The first-order valence-electron chi connectivity index (χ1n) is 7.74. The Morgan fingerprint density at radius 3 is 2.90 bits per heavy atom. The van der Waals surface area contributed by atoms with Crippen molar-refractivity contribution in [2.75, 3.05) is 26.2 Å². The van der Waals surface area contributed by atoms with Crippen LogP contribution in [-0.4, -0.2) is 43.2 Å². The van der Waals surface area contributed by atoms with E-state index in [9.17, 15) is 4.79 Å². The van der Waals surface area contributed by atoms with Crippen molar-refractivity contribution >= 4 is 5.97 Å². The first-order chi connectivity index (χ1) is 10.0. The molecule has 0 bridgehead atoms. The van der Waals surface area contributed by atoms with Crippen LogP contribution in [0.4, 0.5) is 0 Å². The van der Waals surface area contributed by atoms with Crippen molar-refractivity contribution in [3.8, 4) is 0 Å². The predicted octanol–water partition coefficient (Wildman–Crippen LogP) is 2.20. The molecule has 0 spiro atoms. The van der Waals surface area contributed by atoms with Gasteiger partial charge in [-0.3, -0.25) is 9.69 Å². The minimum Gasteiger partial charge on any atom is -0.465 e. The van der Waals surface area contributed by atoms with Crippen LogP contribution in [0.25, 0.3) is 0 Å². The summed E-state index contributed by atoms with van der Waals surface area (Å²) >= 11 is 0. The quantitative estimate of drug-likeness (QED) is 0.863. The second-order valence-electron chi connectivity index (χ2n) is 5.75. The highest BCUT2D eigenvalue weighted by atomic mass is 16.5. The fourth-order valence-electron chi connectivity index (χ4n) is 3.11. The SMILES string of the molecule is CCOC(=O)C1CNCCN1C(C)c1ccc(C)cc1C. The average molecular weight is 290 g/mol. The number of nitrogens with one attached hydrogen (secondary N) is 1. The summed E-state index contributed by atoms with van der Waals surface area (Å²) in [5.74, 6) is -0.124. The molecule has 4 heteroatoms. The Hall–Kier alpha value is -1.39. The molecule has 1 aliphatic rings. The standard InChI is InChI=1S/C17H26N2O2/c1-5-21-17(20)16-11-18-8-9-19(16)14(4)15-7-6-12(2)10-13(15)3/h6-7,10,14,16,18H,5,8-9,11H2,1-4H3. The summed E-state index contributed by atoms with van der Waals surface area (Å²) in [5, 5.41) is 3.29. The summed E-state index contributed by atoms with van der Waals surface area (Å²) in [6.45, 7) is 11.1. The van der Waals surface area contributed by atoms with Crippen molar-refractivity contribution in [1.82, 2.24) is 10.2 Å². The van der Waals surface area contributed by atoms with Crippen LogP contribution in [-0.2, 0) is 9.53 Å². The normalized spacial score (nSPS) is 21.0. The lowest BCUT2D eigenvalue weighted by atomic mass is 9.97. The Balaban J connectivity index is 2.21. The maximum Gasteiger partial charge on any atom is 0.324 e. The minimum absolute atomic E-state index is 0.124. The second kappa shape index (κ2) is 7.05. The van der Waals surface area contributed by atoms with Crippen molar-refractivity contribution in [2.45, 2.75) is 39.8 Å². The van der Waals surface area contributed by atoms with E-state index in [1.807, 2.05) is 6.92 Å². The number of nitrogens with zero attached hydrogens (tertiary/aromatic N) is 1. The summed E-state index contributed by atoms with van der Waals surface area (Å²) in [4.78, 5) is 14.4. The van der Waals surface area contributed by atoms with Gasteiger partial charge in [-0.25, -0.2) is 0 Å². The van der Waals surface area contributed by atoms with Gasteiger partial charge in [0, 0.05) is 25.7 Å². The third-order valence-corrected chi connectivity index (χ3v) is 4.22. The zero-order valence-corrected chi connectivity index (χ0v) is 13.5. The average Bonchev–Trinajstić information content (AvgIpc) is 2.47. The van der Waals surface area contributed by atoms with Crippen LogP contribution in [0.5, 0.6) is 0 Å². The molecule has 1 N–H and O–H groups in total. The van der Waals surface area contributed by atoms with Gasteiger partial charge in [-0.15, -0.1) is 0 Å². The Morgan fingerprint density at radius 2 is 2.24 bits per heavy atom. The number of carbonyl (C=O) groups is 1. The highest BCUT2D eigenvalue weighted by Crippen LogP contribution is 2.27. The molecular formula is C17H26N2O2. The Morgan fingerprint density at radius 1 is 1.48 bits per heavy atom. The molecule has 1 heterocycles. The molecule has 116 valence electrons. The molecule has 1 aromatic carbocycles. The fourth-order valence-corrected chi connectivity index (χ4v) is 3.11. The van der Waals surface area contributed by atoms with Gasteiger partial charge in [0.15, 0.2) is 0 Å². The van der Waals surface area contributed by atoms with E-state index in [-0.39, 0.29) is 18.1 Å². The number of aryl methyl sites for hydroxylation is 2. The van der Waals surface area contributed by atoms with Crippen LogP contribution < -0.4 is 5.32 Å². The van der Waals surface area contributed by atoms with E-state index in [1.165, 1.54) is 16.7 Å². The van der Waals surface area contributed by atoms with E-state index in [0.717, 1.165) is 13.1 Å². The van der Waals surface area contributed by atoms with E-state index in [2.05, 4.69) is 49.2 Å². The van der Waals surface area contributed by atoms with Gasteiger partial charge in [-0.05, 0) is 38.8 Å². The monoisotopic (exact) mass is 290 g/mol. The zero-order chi connectivity index (χ0) is 15.4. The summed E-state index contributed by atoms with van der Waals surface area (Å²) < 4.78 is 5.23. The van der Waals surface area contributed by atoms with E-state index in [1.54, 1.807) is 0 Å². The number of hydrogen-bond donors (Lipinski definition) is 1. The van der Waals surface area contributed by atoms with Crippen LogP contribution in [0.15, 0.2) is 18.2 Å². The maximum atomic E-state index is 12.2. The minimum atomic E-state index is -0.200. The molecule has 0 radical (unpaired) electrons. The van der Waals surface area contributed by atoms with Gasteiger partial charge in [0.1, 0.15) is 6.04 Å². The van der Waals surface area contributed by atoms with Gasteiger partial charge in [0.2, 0.25) is 0 Å². The Kier molecular flexibility index (Phi) is 5.37. The van der Waals surface area contributed by atoms with Crippen LogP contribution >= 0.6 is 0 Å². The highest BCUT2D eigenvalue weighted by molar-refractivity contribution is 5.76. The van der Waals surface area contributed by atoms with Crippen LogP contribution in [0.3, 0.4) is 0 Å².